The third-order valence-corrected chi connectivity index (χ3v) is 2.76. The van der Waals surface area contributed by atoms with Crippen molar-refractivity contribution in [1.82, 2.24) is 9.80 Å². The van der Waals surface area contributed by atoms with E-state index in [9.17, 15) is 9.90 Å². The van der Waals surface area contributed by atoms with Crippen LogP contribution in [0.3, 0.4) is 0 Å². The van der Waals surface area contributed by atoms with E-state index in [2.05, 4.69) is 9.89 Å². The van der Waals surface area contributed by atoms with Gasteiger partial charge in [0.25, 0.3) is 0 Å². The van der Waals surface area contributed by atoms with Crippen molar-refractivity contribution in [3.63, 3.8) is 0 Å². The van der Waals surface area contributed by atoms with Crippen LogP contribution in [-0.2, 0) is 4.79 Å². The summed E-state index contributed by atoms with van der Waals surface area (Å²) in [5, 5.41) is 9.72. The van der Waals surface area contributed by atoms with Gasteiger partial charge in [-0.05, 0) is 19.3 Å². The highest BCUT2D eigenvalue weighted by Crippen LogP contribution is 2.15. The Bertz CT molecular complexity index is 248. The van der Waals surface area contributed by atoms with Gasteiger partial charge in [0.2, 0.25) is 6.41 Å². The lowest BCUT2D eigenvalue weighted by atomic mass is 10.1. The molecule has 2 aliphatic rings. The zero-order valence-corrected chi connectivity index (χ0v) is 8.09. The van der Waals surface area contributed by atoms with Crippen molar-refractivity contribution in [2.24, 2.45) is 4.99 Å². The van der Waals surface area contributed by atoms with Crippen molar-refractivity contribution in [2.75, 3.05) is 19.8 Å². The van der Waals surface area contributed by atoms with E-state index in [1.54, 1.807) is 0 Å². The van der Waals surface area contributed by atoms with Gasteiger partial charge in [-0.25, -0.2) is 4.99 Å². The zero-order valence-electron chi connectivity index (χ0n) is 8.09. The second-order valence-electron chi connectivity index (χ2n) is 3.70. The normalized spacial score (nSPS) is 27.8. The van der Waals surface area contributed by atoms with Crippen LogP contribution in [0, 0.1) is 0 Å². The first kappa shape index (κ1) is 9.45. The number of amidine groups is 1. The smallest absolute Gasteiger partial charge is 0.213 e. The summed E-state index contributed by atoms with van der Waals surface area (Å²) in [4.78, 5) is 18.1. The summed E-state index contributed by atoms with van der Waals surface area (Å²) in [5.74, 6) is 0.664. The first-order valence-electron chi connectivity index (χ1n) is 5.01. The molecule has 2 rings (SSSR count). The standard InChI is InChI=1S/C9H15N3O2/c13-7-12-6-10-8(9(12)14)11-4-2-1-3-5-11/h7,9,14H,1-6H2. The number of carbonyl (C=O) groups excluding carboxylic acids is 1. The van der Waals surface area contributed by atoms with Gasteiger partial charge < -0.3 is 10.0 Å². The van der Waals surface area contributed by atoms with E-state index in [0.717, 1.165) is 25.9 Å². The van der Waals surface area contributed by atoms with Crippen LogP contribution in [0.4, 0.5) is 0 Å². The van der Waals surface area contributed by atoms with Crippen LogP contribution in [0.1, 0.15) is 19.3 Å². The van der Waals surface area contributed by atoms with Gasteiger partial charge in [-0.1, -0.05) is 0 Å². The Labute approximate surface area is 83.0 Å². The molecule has 78 valence electrons. The maximum absolute atomic E-state index is 10.5. The molecule has 5 nitrogen and oxygen atoms in total. The lowest BCUT2D eigenvalue weighted by Gasteiger charge is -2.30. The number of aliphatic hydroxyl groups is 1. The number of aliphatic imine (C=N–C) groups is 1. The molecule has 0 aromatic rings. The van der Waals surface area contributed by atoms with Gasteiger partial charge in [-0.2, -0.15) is 0 Å². The Hall–Kier alpha value is -1.10. The molecule has 1 N–H and O–H groups in total. The van der Waals surface area contributed by atoms with Gasteiger partial charge in [-0.15, -0.1) is 0 Å². The van der Waals surface area contributed by atoms with Crippen molar-refractivity contribution in [2.45, 2.75) is 25.5 Å². The van der Waals surface area contributed by atoms with Crippen LogP contribution in [-0.4, -0.2) is 53.1 Å². The number of nitrogens with zero attached hydrogens (tertiary/aromatic N) is 3. The SMILES string of the molecule is O=CN1CN=C(N2CCCCC2)C1O. The molecule has 1 saturated heterocycles. The average Bonchev–Trinajstić information content (AvgIpc) is 2.61. The number of rotatable bonds is 1. The number of carbonyl (C=O) groups is 1. The highest BCUT2D eigenvalue weighted by atomic mass is 16.3. The largest absolute Gasteiger partial charge is 0.367 e. The molecular weight excluding hydrogens is 182 g/mol. The Kier molecular flexibility index (Phi) is 2.67. The summed E-state index contributed by atoms with van der Waals surface area (Å²) in [5.41, 5.74) is 0. The molecule has 0 bridgehead atoms. The number of hydrogen-bond acceptors (Lipinski definition) is 4. The van der Waals surface area contributed by atoms with E-state index in [1.807, 2.05) is 0 Å². The second-order valence-corrected chi connectivity index (χ2v) is 3.70. The molecule has 1 fully saturated rings. The van der Waals surface area contributed by atoms with E-state index >= 15 is 0 Å². The van der Waals surface area contributed by atoms with Crippen LogP contribution >= 0.6 is 0 Å². The average molecular weight is 197 g/mol. The summed E-state index contributed by atoms with van der Waals surface area (Å²) in [6.07, 6.45) is 3.35. The fourth-order valence-electron chi connectivity index (χ4n) is 1.94. The summed E-state index contributed by atoms with van der Waals surface area (Å²) in [6.45, 7) is 2.18. The predicted octanol–water partition coefficient (Wildman–Crippen LogP) is -0.381. The maximum Gasteiger partial charge on any atom is 0.213 e. The van der Waals surface area contributed by atoms with E-state index in [0.29, 0.717) is 12.2 Å². The lowest BCUT2D eigenvalue weighted by Crippen LogP contribution is -2.45. The van der Waals surface area contributed by atoms with Crippen LogP contribution < -0.4 is 0 Å². The third kappa shape index (κ3) is 1.59. The molecule has 0 spiro atoms. The fraction of sp³-hybridized carbons (Fsp3) is 0.778. The van der Waals surface area contributed by atoms with Gasteiger partial charge in [0.05, 0.1) is 0 Å². The van der Waals surface area contributed by atoms with Gasteiger partial charge in [0.1, 0.15) is 6.67 Å². The van der Waals surface area contributed by atoms with E-state index < -0.39 is 6.23 Å². The minimum atomic E-state index is -0.828. The van der Waals surface area contributed by atoms with Crippen molar-refractivity contribution in [3.05, 3.63) is 0 Å². The molecule has 0 aromatic carbocycles. The molecule has 14 heavy (non-hydrogen) atoms. The zero-order chi connectivity index (χ0) is 9.97. The third-order valence-electron chi connectivity index (χ3n) is 2.76. The fourth-order valence-corrected chi connectivity index (χ4v) is 1.94. The summed E-state index contributed by atoms with van der Waals surface area (Å²) in [7, 11) is 0. The Morgan fingerprint density at radius 2 is 2.07 bits per heavy atom. The predicted molar refractivity (Wildman–Crippen MR) is 51.6 cm³/mol. The minimum Gasteiger partial charge on any atom is -0.367 e. The molecule has 1 atom stereocenters. The molecule has 5 heteroatoms. The highest BCUT2D eigenvalue weighted by Gasteiger charge is 2.30. The Morgan fingerprint density at radius 3 is 2.64 bits per heavy atom. The van der Waals surface area contributed by atoms with Crippen molar-refractivity contribution < 1.29 is 9.90 Å². The number of aliphatic hydroxyl groups excluding tert-OH is 1. The van der Waals surface area contributed by atoms with Gasteiger partial charge in [-0.3, -0.25) is 9.69 Å². The van der Waals surface area contributed by atoms with Crippen LogP contribution in [0.25, 0.3) is 0 Å². The lowest BCUT2D eigenvalue weighted by molar-refractivity contribution is -0.122. The molecule has 0 aromatic heterocycles. The number of amides is 1. The number of likely N-dealkylation sites (tertiary alicyclic amines) is 1. The van der Waals surface area contributed by atoms with E-state index in [4.69, 9.17) is 0 Å². The van der Waals surface area contributed by atoms with Crippen molar-refractivity contribution in [3.8, 4) is 0 Å². The van der Waals surface area contributed by atoms with Crippen molar-refractivity contribution in [1.29, 1.82) is 0 Å². The topological polar surface area (TPSA) is 56.1 Å². The molecule has 1 amide bonds. The summed E-state index contributed by atoms with van der Waals surface area (Å²) < 4.78 is 0. The Morgan fingerprint density at radius 1 is 1.36 bits per heavy atom. The summed E-state index contributed by atoms with van der Waals surface area (Å²) >= 11 is 0. The minimum absolute atomic E-state index is 0.288. The molecule has 0 radical (unpaired) electrons. The van der Waals surface area contributed by atoms with Gasteiger partial charge >= 0.3 is 0 Å². The molecule has 0 aliphatic carbocycles. The monoisotopic (exact) mass is 197 g/mol. The number of hydrogen-bond donors (Lipinski definition) is 1. The molecule has 0 saturated carbocycles. The van der Waals surface area contributed by atoms with Gasteiger partial charge in [0.15, 0.2) is 12.1 Å². The number of piperidine rings is 1. The second kappa shape index (κ2) is 3.96. The summed E-state index contributed by atoms with van der Waals surface area (Å²) in [6, 6.07) is 0. The van der Waals surface area contributed by atoms with E-state index in [-0.39, 0.29) is 6.67 Å². The Balaban J connectivity index is 2.00. The molecule has 2 heterocycles. The molecule has 2 aliphatic heterocycles. The first-order valence-corrected chi connectivity index (χ1v) is 5.01. The van der Waals surface area contributed by atoms with Crippen molar-refractivity contribution >= 4 is 12.2 Å². The van der Waals surface area contributed by atoms with E-state index in [1.165, 1.54) is 11.3 Å². The van der Waals surface area contributed by atoms with Gasteiger partial charge in [0, 0.05) is 13.1 Å². The van der Waals surface area contributed by atoms with Crippen LogP contribution in [0.5, 0.6) is 0 Å². The quantitative estimate of drug-likeness (QED) is 0.583. The highest BCUT2D eigenvalue weighted by molar-refractivity contribution is 5.89. The van der Waals surface area contributed by atoms with Crippen LogP contribution in [0.2, 0.25) is 0 Å². The molecule has 1 unspecified atom stereocenters. The first-order chi connectivity index (χ1) is 6.83. The molecular formula is C9H15N3O2. The maximum atomic E-state index is 10.5. The van der Waals surface area contributed by atoms with Crippen LogP contribution in [0.15, 0.2) is 4.99 Å².